The first-order valence-electron chi connectivity index (χ1n) is 3.38. The lowest BCUT2D eigenvalue weighted by atomic mass is 10.0. The topological polar surface area (TPSA) is 29.1 Å². The van der Waals surface area contributed by atoms with E-state index in [0.717, 1.165) is 12.7 Å². The molecule has 0 aliphatic heterocycles. The molecule has 54 valence electrons. The molecular formula is C7H15NO. The summed E-state index contributed by atoms with van der Waals surface area (Å²) in [5.74, 6) is 0.451. The second-order valence-corrected chi connectivity index (χ2v) is 2.34. The maximum Gasteiger partial charge on any atom is 0.137 e. The number of aldehydes is 1. The second-order valence-electron chi connectivity index (χ2n) is 2.34. The van der Waals surface area contributed by atoms with Crippen LogP contribution in [0.15, 0.2) is 0 Å². The minimum atomic E-state index is 0.0370. The Hall–Kier alpha value is -0.370. The lowest BCUT2D eigenvalue weighted by Crippen LogP contribution is -2.32. The van der Waals surface area contributed by atoms with Crippen molar-refractivity contribution in [3.63, 3.8) is 0 Å². The van der Waals surface area contributed by atoms with Gasteiger partial charge in [-0.15, -0.1) is 0 Å². The molecule has 0 aliphatic rings. The minimum absolute atomic E-state index is 0.0370. The number of carbonyl (C=O) groups is 1. The molecule has 2 unspecified atom stereocenters. The molecule has 0 spiro atoms. The van der Waals surface area contributed by atoms with Crippen LogP contribution in [0, 0.1) is 5.92 Å². The summed E-state index contributed by atoms with van der Waals surface area (Å²) in [6.45, 7) is 4.15. The van der Waals surface area contributed by atoms with Gasteiger partial charge in [-0.3, -0.25) is 0 Å². The van der Waals surface area contributed by atoms with Crippen LogP contribution in [0.3, 0.4) is 0 Å². The van der Waals surface area contributed by atoms with Gasteiger partial charge >= 0.3 is 0 Å². The molecule has 2 heteroatoms. The zero-order valence-corrected chi connectivity index (χ0v) is 6.35. The van der Waals surface area contributed by atoms with E-state index < -0.39 is 0 Å². The van der Waals surface area contributed by atoms with Crippen LogP contribution in [0.1, 0.15) is 20.3 Å². The van der Waals surface area contributed by atoms with Crippen LogP contribution in [0.2, 0.25) is 0 Å². The van der Waals surface area contributed by atoms with Gasteiger partial charge < -0.3 is 10.1 Å². The van der Waals surface area contributed by atoms with Crippen molar-refractivity contribution < 1.29 is 4.79 Å². The van der Waals surface area contributed by atoms with Crippen molar-refractivity contribution in [3.8, 4) is 0 Å². The first kappa shape index (κ1) is 8.63. The predicted octanol–water partition coefficient (Wildman–Crippen LogP) is 0.819. The number of hydrogen-bond donors (Lipinski definition) is 1. The Morgan fingerprint density at radius 2 is 2.22 bits per heavy atom. The molecule has 0 saturated heterocycles. The molecular weight excluding hydrogens is 114 g/mol. The average Bonchev–Trinajstić information content (AvgIpc) is 1.90. The summed E-state index contributed by atoms with van der Waals surface area (Å²) in [4.78, 5) is 10.3. The SMILES string of the molecule is CCC(C)C(C=O)NC. The van der Waals surface area contributed by atoms with Crippen LogP contribution in [-0.2, 0) is 4.79 Å². The van der Waals surface area contributed by atoms with Gasteiger partial charge in [-0.05, 0) is 13.0 Å². The highest BCUT2D eigenvalue weighted by molar-refractivity contribution is 5.57. The van der Waals surface area contributed by atoms with Gasteiger partial charge in [0.1, 0.15) is 6.29 Å². The van der Waals surface area contributed by atoms with E-state index in [9.17, 15) is 4.79 Å². The van der Waals surface area contributed by atoms with Crippen molar-refractivity contribution >= 4 is 6.29 Å². The molecule has 0 amide bonds. The highest BCUT2D eigenvalue weighted by atomic mass is 16.1. The highest BCUT2D eigenvalue weighted by Crippen LogP contribution is 2.03. The Kier molecular flexibility index (Phi) is 4.32. The predicted molar refractivity (Wildman–Crippen MR) is 38.4 cm³/mol. The smallest absolute Gasteiger partial charge is 0.137 e. The van der Waals surface area contributed by atoms with E-state index >= 15 is 0 Å². The Morgan fingerprint density at radius 1 is 1.67 bits per heavy atom. The molecule has 1 N–H and O–H groups in total. The normalized spacial score (nSPS) is 16.8. The van der Waals surface area contributed by atoms with Crippen molar-refractivity contribution in [1.29, 1.82) is 0 Å². The van der Waals surface area contributed by atoms with Crippen molar-refractivity contribution in [2.45, 2.75) is 26.3 Å². The van der Waals surface area contributed by atoms with Gasteiger partial charge in [-0.1, -0.05) is 20.3 Å². The first-order chi connectivity index (χ1) is 4.26. The Bertz CT molecular complexity index is 83.0. The lowest BCUT2D eigenvalue weighted by molar-refractivity contribution is -0.110. The van der Waals surface area contributed by atoms with Gasteiger partial charge in [0.15, 0.2) is 0 Å². The summed E-state index contributed by atoms with van der Waals surface area (Å²) in [6.07, 6.45) is 2.01. The average molecular weight is 129 g/mol. The number of likely N-dealkylation sites (N-methyl/N-ethyl adjacent to an activating group) is 1. The van der Waals surface area contributed by atoms with Crippen LogP contribution in [0.4, 0.5) is 0 Å². The van der Waals surface area contributed by atoms with Gasteiger partial charge in [-0.2, -0.15) is 0 Å². The summed E-state index contributed by atoms with van der Waals surface area (Å²) in [6, 6.07) is 0.0370. The summed E-state index contributed by atoms with van der Waals surface area (Å²) in [7, 11) is 1.81. The molecule has 0 saturated carbocycles. The lowest BCUT2D eigenvalue weighted by Gasteiger charge is -2.14. The Morgan fingerprint density at radius 3 is 2.33 bits per heavy atom. The third kappa shape index (κ3) is 2.61. The molecule has 0 bridgehead atoms. The van der Waals surface area contributed by atoms with E-state index in [1.807, 2.05) is 7.05 Å². The summed E-state index contributed by atoms with van der Waals surface area (Å²) >= 11 is 0. The third-order valence-electron chi connectivity index (χ3n) is 1.74. The molecule has 0 aromatic carbocycles. The first-order valence-corrected chi connectivity index (χ1v) is 3.38. The van der Waals surface area contributed by atoms with Gasteiger partial charge in [0.2, 0.25) is 0 Å². The number of hydrogen-bond acceptors (Lipinski definition) is 2. The van der Waals surface area contributed by atoms with Gasteiger partial charge in [0, 0.05) is 0 Å². The Labute approximate surface area is 56.6 Å². The molecule has 0 aliphatic carbocycles. The summed E-state index contributed by atoms with van der Waals surface area (Å²) in [5.41, 5.74) is 0. The molecule has 0 rings (SSSR count). The molecule has 0 heterocycles. The van der Waals surface area contributed by atoms with Crippen LogP contribution in [0.25, 0.3) is 0 Å². The molecule has 9 heavy (non-hydrogen) atoms. The van der Waals surface area contributed by atoms with Gasteiger partial charge in [0.05, 0.1) is 6.04 Å². The number of rotatable bonds is 4. The van der Waals surface area contributed by atoms with E-state index in [0.29, 0.717) is 5.92 Å². The molecule has 2 nitrogen and oxygen atoms in total. The highest BCUT2D eigenvalue weighted by Gasteiger charge is 2.10. The largest absolute Gasteiger partial charge is 0.311 e. The fourth-order valence-electron chi connectivity index (χ4n) is 0.741. The fraction of sp³-hybridized carbons (Fsp3) is 0.857. The second kappa shape index (κ2) is 4.50. The molecule has 0 radical (unpaired) electrons. The van der Waals surface area contributed by atoms with Crippen LogP contribution < -0.4 is 5.32 Å². The zero-order valence-electron chi connectivity index (χ0n) is 6.35. The maximum atomic E-state index is 10.3. The van der Waals surface area contributed by atoms with Crippen molar-refractivity contribution in [3.05, 3.63) is 0 Å². The standard InChI is InChI=1S/C7H15NO/c1-4-6(2)7(5-9)8-3/h5-8H,4H2,1-3H3. The van der Waals surface area contributed by atoms with E-state index in [1.54, 1.807) is 0 Å². The molecule has 0 aromatic rings. The molecule has 2 atom stereocenters. The fourth-order valence-corrected chi connectivity index (χ4v) is 0.741. The summed E-state index contributed by atoms with van der Waals surface area (Å²) < 4.78 is 0. The third-order valence-corrected chi connectivity index (χ3v) is 1.74. The van der Waals surface area contributed by atoms with E-state index in [-0.39, 0.29) is 6.04 Å². The van der Waals surface area contributed by atoms with Crippen molar-refractivity contribution in [2.75, 3.05) is 7.05 Å². The van der Waals surface area contributed by atoms with Crippen LogP contribution in [-0.4, -0.2) is 19.4 Å². The quantitative estimate of drug-likeness (QED) is 0.569. The number of carbonyl (C=O) groups excluding carboxylic acids is 1. The minimum Gasteiger partial charge on any atom is -0.311 e. The van der Waals surface area contributed by atoms with Crippen LogP contribution >= 0.6 is 0 Å². The monoisotopic (exact) mass is 129 g/mol. The van der Waals surface area contributed by atoms with Gasteiger partial charge in [0.25, 0.3) is 0 Å². The Balaban J connectivity index is 3.63. The van der Waals surface area contributed by atoms with Gasteiger partial charge in [-0.25, -0.2) is 0 Å². The van der Waals surface area contributed by atoms with E-state index in [1.165, 1.54) is 0 Å². The molecule has 0 fully saturated rings. The van der Waals surface area contributed by atoms with E-state index in [4.69, 9.17) is 0 Å². The zero-order chi connectivity index (χ0) is 7.28. The van der Waals surface area contributed by atoms with Crippen LogP contribution in [0.5, 0.6) is 0 Å². The number of nitrogens with one attached hydrogen (secondary N) is 1. The maximum absolute atomic E-state index is 10.3. The van der Waals surface area contributed by atoms with Crippen molar-refractivity contribution in [1.82, 2.24) is 5.32 Å². The van der Waals surface area contributed by atoms with Crippen molar-refractivity contribution in [2.24, 2.45) is 5.92 Å². The van der Waals surface area contributed by atoms with E-state index in [2.05, 4.69) is 19.2 Å². The molecule has 0 aromatic heterocycles. The summed E-state index contributed by atoms with van der Waals surface area (Å²) in [5, 5.41) is 2.93.